The van der Waals surface area contributed by atoms with Gasteiger partial charge in [0.25, 0.3) is 0 Å². The van der Waals surface area contributed by atoms with Crippen LogP contribution < -0.4 is 10.2 Å². The maximum atomic E-state index is 13.1. The maximum absolute atomic E-state index is 13.1. The number of amides is 1. The average molecular weight is 417 g/mol. The minimum Gasteiger partial charge on any atom is -0.467 e. The first kappa shape index (κ1) is 21.0. The van der Waals surface area contributed by atoms with Crippen molar-refractivity contribution in [3.63, 3.8) is 0 Å². The Bertz CT molecular complexity index is 894. The molecule has 1 amide bonds. The normalized spacial score (nSPS) is 11.0. The second-order valence-corrected chi connectivity index (χ2v) is 7.98. The standard InChI is InChI=1S/C21H25FN4O2S/c1-15(2)13-23-20(27)9-10-26(14-18-4-3-11-28-18)21-24-19(25-29-21)12-16-5-7-17(22)8-6-16/h3-8,11,15H,9-10,12-14H2,1-2H3,(H,23,27). The molecule has 2 heterocycles. The number of carbonyl (C=O) groups excluding carboxylic acids is 1. The fraction of sp³-hybridized carbons (Fsp3) is 0.381. The summed E-state index contributed by atoms with van der Waals surface area (Å²) in [5.74, 6) is 1.63. The van der Waals surface area contributed by atoms with Crippen molar-refractivity contribution in [2.75, 3.05) is 18.0 Å². The van der Waals surface area contributed by atoms with E-state index in [1.165, 1.54) is 23.7 Å². The number of nitrogens with one attached hydrogen (secondary N) is 1. The highest BCUT2D eigenvalue weighted by Gasteiger charge is 2.16. The Morgan fingerprint density at radius 3 is 2.76 bits per heavy atom. The molecular weight excluding hydrogens is 391 g/mol. The number of carbonyl (C=O) groups is 1. The van der Waals surface area contributed by atoms with Crippen LogP contribution in [0.15, 0.2) is 47.1 Å². The lowest BCUT2D eigenvalue weighted by Crippen LogP contribution is -2.32. The molecule has 0 saturated carbocycles. The zero-order valence-electron chi connectivity index (χ0n) is 16.6. The van der Waals surface area contributed by atoms with Crippen molar-refractivity contribution < 1.29 is 13.6 Å². The van der Waals surface area contributed by atoms with Crippen molar-refractivity contribution in [3.05, 3.63) is 65.6 Å². The molecule has 0 spiro atoms. The number of aromatic nitrogens is 2. The molecule has 0 atom stereocenters. The third-order valence-electron chi connectivity index (χ3n) is 4.25. The second-order valence-electron chi connectivity index (χ2n) is 7.25. The van der Waals surface area contributed by atoms with Crippen molar-refractivity contribution in [3.8, 4) is 0 Å². The van der Waals surface area contributed by atoms with Crippen LogP contribution in [0.1, 0.15) is 37.4 Å². The fourth-order valence-corrected chi connectivity index (χ4v) is 3.42. The highest BCUT2D eigenvalue weighted by Crippen LogP contribution is 2.22. The van der Waals surface area contributed by atoms with Crippen LogP contribution in [0.4, 0.5) is 9.52 Å². The third-order valence-corrected chi connectivity index (χ3v) is 5.06. The Morgan fingerprint density at radius 1 is 1.28 bits per heavy atom. The van der Waals surface area contributed by atoms with Gasteiger partial charge in [0.2, 0.25) is 11.0 Å². The molecule has 0 radical (unpaired) electrons. The summed E-state index contributed by atoms with van der Waals surface area (Å²) in [7, 11) is 0. The summed E-state index contributed by atoms with van der Waals surface area (Å²) in [6, 6.07) is 10.1. The van der Waals surface area contributed by atoms with Crippen molar-refractivity contribution in [1.82, 2.24) is 14.7 Å². The first-order valence-corrected chi connectivity index (χ1v) is 10.4. The Balaban J connectivity index is 1.66. The Hall–Kier alpha value is -2.74. The van der Waals surface area contributed by atoms with Crippen LogP contribution in [0.2, 0.25) is 0 Å². The van der Waals surface area contributed by atoms with Crippen LogP contribution in [-0.4, -0.2) is 28.4 Å². The lowest BCUT2D eigenvalue weighted by Gasteiger charge is -2.20. The Morgan fingerprint density at radius 2 is 2.07 bits per heavy atom. The van der Waals surface area contributed by atoms with E-state index in [1.807, 2.05) is 17.0 Å². The van der Waals surface area contributed by atoms with Gasteiger partial charge in [0.05, 0.1) is 12.8 Å². The van der Waals surface area contributed by atoms with Gasteiger partial charge in [-0.15, -0.1) is 0 Å². The van der Waals surface area contributed by atoms with Gasteiger partial charge in [0.15, 0.2) is 0 Å². The number of hydrogen-bond donors (Lipinski definition) is 1. The van der Waals surface area contributed by atoms with Crippen LogP contribution in [0.3, 0.4) is 0 Å². The minimum absolute atomic E-state index is 0.0131. The van der Waals surface area contributed by atoms with Crippen LogP contribution in [0.5, 0.6) is 0 Å². The topological polar surface area (TPSA) is 71.3 Å². The van der Waals surface area contributed by atoms with Crippen LogP contribution >= 0.6 is 11.5 Å². The van der Waals surface area contributed by atoms with Crippen LogP contribution in [0, 0.1) is 11.7 Å². The van der Waals surface area contributed by atoms with Crippen molar-refractivity contribution in [2.45, 2.75) is 33.2 Å². The molecule has 29 heavy (non-hydrogen) atoms. The molecule has 0 fully saturated rings. The van der Waals surface area contributed by atoms with E-state index in [9.17, 15) is 9.18 Å². The van der Waals surface area contributed by atoms with E-state index >= 15 is 0 Å². The van der Waals surface area contributed by atoms with E-state index in [-0.39, 0.29) is 11.7 Å². The summed E-state index contributed by atoms with van der Waals surface area (Å²) in [5.41, 5.74) is 0.946. The summed E-state index contributed by atoms with van der Waals surface area (Å²) in [4.78, 5) is 18.8. The average Bonchev–Trinajstić information content (AvgIpc) is 3.37. The molecular formula is C21H25FN4O2S. The van der Waals surface area contributed by atoms with Gasteiger partial charge < -0.3 is 14.6 Å². The van der Waals surface area contributed by atoms with Gasteiger partial charge in [-0.1, -0.05) is 26.0 Å². The quantitative estimate of drug-likeness (QED) is 0.540. The largest absolute Gasteiger partial charge is 0.467 e. The number of halogens is 1. The summed E-state index contributed by atoms with van der Waals surface area (Å²) < 4.78 is 23.0. The van der Waals surface area contributed by atoms with Gasteiger partial charge in [0, 0.05) is 37.5 Å². The summed E-state index contributed by atoms with van der Waals surface area (Å²) in [6.07, 6.45) is 2.52. The van der Waals surface area contributed by atoms with Gasteiger partial charge in [0.1, 0.15) is 17.4 Å². The number of rotatable bonds is 10. The number of nitrogens with zero attached hydrogens (tertiary/aromatic N) is 3. The van der Waals surface area contributed by atoms with Crippen molar-refractivity contribution >= 4 is 22.6 Å². The molecule has 6 nitrogen and oxygen atoms in total. The van der Waals surface area contributed by atoms with Gasteiger partial charge in [-0.05, 0) is 35.7 Å². The predicted molar refractivity (Wildman–Crippen MR) is 111 cm³/mol. The summed E-state index contributed by atoms with van der Waals surface area (Å²) in [6.45, 7) is 5.81. The third kappa shape index (κ3) is 6.67. The number of hydrogen-bond acceptors (Lipinski definition) is 6. The zero-order valence-corrected chi connectivity index (χ0v) is 17.4. The molecule has 0 bridgehead atoms. The smallest absolute Gasteiger partial charge is 0.221 e. The molecule has 0 aliphatic heterocycles. The molecule has 1 aromatic carbocycles. The molecule has 1 N–H and O–H groups in total. The van der Waals surface area contributed by atoms with E-state index in [0.717, 1.165) is 16.5 Å². The molecule has 2 aromatic heterocycles. The van der Waals surface area contributed by atoms with Gasteiger partial charge in [-0.2, -0.15) is 4.37 Å². The van der Waals surface area contributed by atoms with E-state index in [1.54, 1.807) is 18.4 Å². The molecule has 3 rings (SSSR count). The van der Waals surface area contributed by atoms with Gasteiger partial charge in [-0.25, -0.2) is 9.37 Å². The summed E-state index contributed by atoms with van der Waals surface area (Å²) >= 11 is 1.29. The Labute approximate surface area is 173 Å². The molecule has 154 valence electrons. The predicted octanol–water partition coefficient (Wildman–Crippen LogP) is 4.03. The van der Waals surface area contributed by atoms with E-state index in [0.29, 0.717) is 44.2 Å². The van der Waals surface area contributed by atoms with E-state index < -0.39 is 0 Å². The molecule has 0 aliphatic rings. The molecule has 8 heteroatoms. The second kappa shape index (κ2) is 10.2. The van der Waals surface area contributed by atoms with Crippen molar-refractivity contribution in [2.24, 2.45) is 5.92 Å². The molecule has 0 unspecified atom stereocenters. The van der Waals surface area contributed by atoms with Gasteiger partial charge in [-0.3, -0.25) is 4.79 Å². The van der Waals surface area contributed by atoms with Crippen LogP contribution in [0.25, 0.3) is 0 Å². The monoisotopic (exact) mass is 416 g/mol. The number of furan rings is 1. The fourth-order valence-electron chi connectivity index (χ4n) is 2.71. The SMILES string of the molecule is CC(C)CNC(=O)CCN(Cc1ccco1)c1nc(Cc2ccc(F)cc2)ns1. The zero-order chi connectivity index (χ0) is 20.6. The minimum atomic E-state index is -0.263. The molecule has 0 aliphatic carbocycles. The van der Waals surface area contributed by atoms with E-state index in [2.05, 4.69) is 28.5 Å². The lowest BCUT2D eigenvalue weighted by atomic mass is 10.1. The number of benzene rings is 1. The highest BCUT2D eigenvalue weighted by molar-refractivity contribution is 7.09. The first-order chi connectivity index (χ1) is 14.0. The van der Waals surface area contributed by atoms with Crippen molar-refractivity contribution in [1.29, 1.82) is 0 Å². The lowest BCUT2D eigenvalue weighted by molar-refractivity contribution is -0.121. The van der Waals surface area contributed by atoms with E-state index in [4.69, 9.17) is 4.42 Å². The van der Waals surface area contributed by atoms with Gasteiger partial charge >= 0.3 is 0 Å². The van der Waals surface area contributed by atoms with Crippen LogP contribution in [-0.2, 0) is 17.8 Å². The maximum Gasteiger partial charge on any atom is 0.221 e. The molecule has 3 aromatic rings. The summed E-state index contributed by atoms with van der Waals surface area (Å²) in [5, 5.41) is 3.67. The first-order valence-electron chi connectivity index (χ1n) is 9.60. The Kier molecular flexibility index (Phi) is 7.35. The highest BCUT2D eigenvalue weighted by atomic mass is 32.1. The molecule has 0 saturated heterocycles. The number of anilines is 1.